The number of carbonyl (C=O) groups excluding carboxylic acids is 1. The smallest absolute Gasteiger partial charge is 0.190 e. The van der Waals surface area contributed by atoms with Crippen molar-refractivity contribution in [3.05, 3.63) is 29.1 Å². The summed E-state index contributed by atoms with van der Waals surface area (Å²) in [5.41, 5.74) is 2.48. The van der Waals surface area contributed by atoms with Gasteiger partial charge in [0.05, 0.1) is 18.0 Å². The lowest BCUT2D eigenvalue weighted by molar-refractivity contribution is 0.0654. The van der Waals surface area contributed by atoms with Crippen molar-refractivity contribution in [2.75, 3.05) is 12.4 Å². The summed E-state index contributed by atoms with van der Waals surface area (Å²) in [5.74, 6) is 1.000. The fraction of sp³-hybridized carbons (Fsp3) is 0.273. The standard InChI is InChI=1S/C11H9NO2S/c13-10-6-14-5-9-7(10)4-11-8(12-9)2-1-3-15-11/h1-2,4H,3,5-6H2. The molecule has 15 heavy (non-hydrogen) atoms. The van der Waals surface area contributed by atoms with Gasteiger partial charge in [0, 0.05) is 16.2 Å². The summed E-state index contributed by atoms with van der Waals surface area (Å²) in [7, 11) is 0. The molecule has 0 fully saturated rings. The lowest BCUT2D eigenvalue weighted by Crippen LogP contribution is -2.20. The van der Waals surface area contributed by atoms with Gasteiger partial charge in [0.1, 0.15) is 6.61 Å². The zero-order chi connectivity index (χ0) is 10.3. The number of ether oxygens (including phenoxy) is 1. The van der Waals surface area contributed by atoms with E-state index in [0.29, 0.717) is 6.61 Å². The molecular formula is C11H9NO2S. The lowest BCUT2D eigenvalue weighted by atomic mass is 10.1. The number of thioether (sulfide) groups is 1. The monoisotopic (exact) mass is 219 g/mol. The van der Waals surface area contributed by atoms with Crippen LogP contribution >= 0.6 is 11.8 Å². The first kappa shape index (κ1) is 9.12. The molecule has 0 aromatic carbocycles. The zero-order valence-corrected chi connectivity index (χ0v) is 8.84. The molecule has 0 atom stereocenters. The molecule has 0 radical (unpaired) electrons. The van der Waals surface area contributed by atoms with Gasteiger partial charge in [-0.1, -0.05) is 6.08 Å². The van der Waals surface area contributed by atoms with Crippen molar-refractivity contribution in [2.24, 2.45) is 0 Å². The summed E-state index contributed by atoms with van der Waals surface area (Å²) in [6.07, 6.45) is 4.09. The molecule has 0 saturated heterocycles. The molecule has 3 heterocycles. The predicted molar refractivity (Wildman–Crippen MR) is 58.0 cm³/mol. The molecule has 1 aromatic rings. The number of rotatable bonds is 0. The van der Waals surface area contributed by atoms with Crippen molar-refractivity contribution in [3.63, 3.8) is 0 Å². The van der Waals surface area contributed by atoms with Gasteiger partial charge in [0.25, 0.3) is 0 Å². The van der Waals surface area contributed by atoms with E-state index in [0.717, 1.165) is 27.6 Å². The number of fused-ring (bicyclic) bond motifs is 2. The van der Waals surface area contributed by atoms with Gasteiger partial charge in [0.2, 0.25) is 0 Å². The number of carbonyl (C=O) groups is 1. The molecule has 0 spiro atoms. The normalized spacial score (nSPS) is 18.5. The minimum atomic E-state index is 0.0432. The Hall–Kier alpha value is -1.13. The van der Waals surface area contributed by atoms with Crippen molar-refractivity contribution in [2.45, 2.75) is 11.5 Å². The summed E-state index contributed by atoms with van der Waals surface area (Å²) >= 11 is 1.72. The fourth-order valence-electron chi connectivity index (χ4n) is 1.75. The fourth-order valence-corrected chi connectivity index (χ4v) is 2.59. The van der Waals surface area contributed by atoms with Crippen molar-refractivity contribution >= 4 is 23.6 Å². The maximum Gasteiger partial charge on any atom is 0.190 e. The van der Waals surface area contributed by atoms with Gasteiger partial charge in [-0.15, -0.1) is 11.8 Å². The molecule has 1 aromatic heterocycles. The van der Waals surface area contributed by atoms with E-state index < -0.39 is 0 Å². The van der Waals surface area contributed by atoms with Gasteiger partial charge in [-0.3, -0.25) is 4.79 Å². The van der Waals surface area contributed by atoms with Crippen LogP contribution in [0.4, 0.5) is 0 Å². The summed E-state index contributed by atoms with van der Waals surface area (Å²) in [6, 6.07) is 1.96. The third kappa shape index (κ3) is 1.50. The number of ketones is 1. The number of hydrogen-bond donors (Lipinski definition) is 0. The number of nitrogens with zero attached hydrogens (tertiary/aromatic N) is 1. The maximum atomic E-state index is 11.6. The van der Waals surface area contributed by atoms with Crippen LogP contribution in [0.25, 0.3) is 6.08 Å². The Labute approximate surface area is 91.5 Å². The Balaban J connectivity index is 2.17. The van der Waals surface area contributed by atoms with Crippen LogP contribution in [0, 0.1) is 0 Å². The molecule has 2 aliphatic heterocycles. The van der Waals surface area contributed by atoms with Gasteiger partial charge < -0.3 is 4.74 Å². The summed E-state index contributed by atoms with van der Waals surface area (Å²) in [5, 5.41) is 0. The molecule has 3 rings (SSSR count). The molecule has 0 amide bonds. The Morgan fingerprint density at radius 1 is 1.40 bits per heavy atom. The Bertz CT molecular complexity index is 468. The minimum Gasteiger partial charge on any atom is -0.367 e. The summed E-state index contributed by atoms with van der Waals surface area (Å²) in [6.45, 7) is 0.640. The van der Waals surface area contributed by atoms with E-state index in [1.807, 2.05) is 12.1 Å². The highest BCUT2D eigenvalue weighted by atomic mass is 32.2. The summed E-state index contributed by atoms with van der Waals surface area (Å²) < 4.78 is 5.16. The van der Waals surface area contributed by atoms with Gasteiger partial charge >= 0.3 is 0 Å². The first-order valence-corrected chi connectivity index (χ1v) is 5.77. The van der Waals surface area contributed by atoms with Crippen LogP contribution in [0.3, 0.4) is 0 Å². The van der Waals surface area contributed by atoms with Crippen LogP contribution in [0.1, 0.15) is 21.7 Å². The molecule has 3 nitrogen and oxygen atoms in total. The molecule has 0 bridgehead atoms. The minimum absolute atomic E-state index is 0.0432. The molecule has 0 aliphatic carbocycles. The van der Waals surface area contributed by atoms with Crippen LogP contribution in [-0.2, 0) is 11.3 Å². The molecule has 0 N–H and O–H groups in total. The van der Waals surface area contributed by atoms with Crippen LogP contribution < -0.4 is 0 Å². The van der Waals surface area contributed by atoms with Crippen LogP contribution in [0.2, 0.25) is 0 Å². The second-order valence-corrected chi connectivity index (χ2v) is 4.56. The highest BCUT2D eigenvalue weighted by Gasteiger charge is 2.21. The van der Waals surface area contributed by atoms with E-state index in [1.165, 1.54) is 0 Å². The van der Waals surface area contributed by atoms with Crippen LogP contribution in [-0.4, -0.2) is 23.1 Å². The number of pyridine rings is 1. The Morgan fingerprint density at radius 2 is 2.33 bits per heavy atom. The van der Waals surface area contributed by atoms with Gasteiger partial charge in [0.15, 0.2) is 5.78 Å². The quantitative estimate of drug-likeness (QED) is 0.668. The molecular weight excluding hydrogens is 210 g/mol. The third-order valence-corrected chi connectivity index (χ3v) is 3.47. The van der Waals surface area contributed by atoms with Crippen molar-refractivity contribution in [3.8, 4) is 0 Å². The van der Waals surface area contributed by atoms with E-state index in [4.69, 9.17) is 4.74 Å². The first-order valence-electron chi connectivity index (χ1n) is 4.79. The molecule has 0 unspecified atom stereocenters. The van der Waals surface area contributed by atoms with Crippen LogP contribution in [0.15, 0.2) is 17.0 Å². The highest BCUT2D eigenvalue weighted by molar-refractivity contribution is 7.99. The molecule has 4 heteroatoms. The average Bonchev–Trinajstić information content (AvgIpc) is 2.27. The maximum absolute atomic E-state index is 11.6. The zero-order valence-electron chi connectivity index (χ0n) is 8.03. The second kappa shape index (κ2) is 3.47. The van der Waals surface area contributed by atoms with Crippen molar-refractivity contribution in [1.29, 1.82) is 0 Å². The molecule has 2 aliphatic rings. The first-order chi connectivity index (χ1) is 7.34. The lowest BCUT2D eigenvalue weighted by Gasteiger charge is -2.18. The highest BCUT2D eigenvalue weighted by Crippen LogP contribution is 2.30. The molecule has 0 saturated carbocycles. The average molecular weight is 219 g/mol. The van der Waals surface area contributed by atoms with E-state index in [1.54, 1.807) is 11.8 Å². The SMILES string of the molecule is O=C1COCc2nc3c(cc21)SCC=C3. The third-order valence-electron chi connectivity index (χ3n) is 2.48. The second-order valence-electron chi connectivity index (χ2n) is 3.50. The topological polar surface area (TPSA) is 39.2 Å². The van der Waals surface area contributed by atoms with Crippen LogP contribution in [0.5, 0.6) is 0 Å². The Morgan fingerprint density at radius 3 is 3.27 bits per heavy atom. The number of Topliss-reactive ketones (excluding diaryl/α,β-unsaturated/α-hetero) is 1. The van der Waals surface area contributed by atoms with Gasteiger partial charge in [-0.25, -0.2) is 4.98 Å². The van der Waals surface area contributed by atoms with E-state index >= 15 is 0 Å². The number of aromatic nitrogens is 1. The predicted octanol–water partition coefficient (Wildman–Crippen LogP) is 1.91. The van der Waals surface area contributed by atoms with Gasteiger partial charge in [-0.2, -0.15) is 0 Å². The van der Waals surface area contributed by atoms with Crippen molar-refractivity contribution < 1.29 is 9.53 Å². The summed E-state index contributed by atoms with van der Waals surface area (Å²) in [4.78, 5) is 17.1. The molecule has 76 valence electrons. The van der Waals surface area contributed by atoms with E-state index in [-0.39, 0.29) is 12.4 Å². The van der Waals surface area contributed by atoms with Gasteiger partial charge in [-0.05, 0) is 12.1 Å². The largest absolute Gasteiger partial charge is 0.367 e. The van der Waals surface area contributed by atoms with E-state index in [9.17, 15) is 4.79 Å². The number of hydrogen-bond acceptors (Lipinski definition) is 4. The van der Waals surface area contributed by atoms with Crippen molar-refractivity contribution in [1.82, 2.24) is 4.98 Å². The Kier molecular flexibility index (Phi) is 2.11. The van der Waals surface area contributed by atoms with E-state index in [2.05, 4.69) is 11.1 Å².